The zero-order valence-corrected chi connectivity index (χ0v) is 14.7. The van der Waals surface area contributed by atoms with Crippen LogP contribution in [0.15, 0.2) is 33.9 Å². The van der Waals surface area contributed by atoms with Crippen molar-refractivity contribution < 1.29 is 18.8 Å². The second kappa shape index (κ2) is 9.42. The van der Waals surface area contributed by atoms with Crippen LogP contribution in [0.4, 0.5) is 4.39 Å². The molecule has 5 nitrogen and oxygen atoms in total. The standard InChI is InChI=1S/C16H20BrFN2O3/c1-3-4-5-14(21)12(15(16(19)22)20-23-2)8-10-6-7-11(17)9-13(10)18/h6-7,9,20H,3-5,8H2,1-2H3,(H2,19,22). The molecule has 7 heteroatoms. The minimum Gasteiger partial charge on any atom is -0.364 e. The predicted octanol–water partition coefficient (Wildman–Crippen LogP) is 2.78. The summed E-state index contributed by atoms with van der Waals surface area (Å²) >= 11 is 3.18. The number of unbranched alkanes of at least 4 members (excludes halogenated alkanes) is 1. The SMILES string of the molecule is CCCCC(=O)C(Cc1ccc(Br)cc1F)=C(NOC)C(N)=O. The van der Waals surface area contributed by atoms with Crippen LogP contribution in [0.25, 0.3) is 0 Å². The van der Waals surface area contributed by atoms with E-state index >= 15 is 0 Å². The highest BCUT2D eigenvalue weighted by atomic mass is 79.9. The van der Waals surface area contributed by atoms with E-state index in [0.717, 1.165) is 6.42 Å². The number of rotatable bonds is 9. The van der Waals surface area contributed by atoms with Gasteiger partial charge in [-0.25, -0.2) is 4.39 Å². The number of hydrogen-bond acceptors (Lipinski definition) is 4. The summed E-state index contributed by atoms with van der Waals surface area (Å²) in [6, 6.07) is 4.52. The number of amides is 1. The van der Waals surface area contributed by atoms with Crippen LogP contribution in [-0.2, 0) is 20.8 Å². The summed E-state index contributed by atoms with van der Waals surface area (Å²) < 4.78 is 14.6. The van der Waals surface area contributed by atoms with Gasteiger partial charge in [-0.1, -0.05) is 35.3 Å². The van der Waals surface area contributed by atoms with E-state index in [-0.39, 0.29) is 29.9 Å². The fourth-order valence-corrected chi connectivity index (χ4v) is 2.37. The molecule has 1 rings (SSSR count). The molecule has 0 fully saturated rings. The molecule has 0 saturated carbocycles. The van der Waals surface area contributed by atoms with Gasteiger partial charge in [0.05, 0.1) is 7.11 Å². The lowest BCUT2D eigenvalue weighted by Crippen LogP contribution is -2.30. The molecular weight excluding hydrogens is 367 g/mol. The minimum atomic E-state index is -0.829. The molecule has 1 aromatic rings. The zero-order valence-electron chi connectivity index (χ0n) is 13.1. The smallest absolute Gasteiger partial charge is 0.267 e. The fourth-order valence-electron chi connectivity index (χ4n) is 2.03. The number of carbonyl (C=O) groups excluding carboxylic acids is 2. The molecule has 0 saturated heterocycles. The molecule has 0 spiro atoms. The van der Waals surface area contributed by atoms with Crippen LogP contribution >= 0.6 is 15.9 Å². The number of Topliss-reactive ketones (excluding diaryl/α,β-unsaturated/α-hetero) is 1. The molecule has 0 aromatic heterocycles. The van der Waals surface area contributed by atoms with Crippen molar-refractivity contribution in [3.8, 4) is 0 Å². The summed E-state index contributed by atoms with van der Waals surface area (Å²) in [6.45, 7) is 1.95. The largest absolute Gasteiger partial charge is 0.364 e. The number of nitrogens with one attached hydrogen (secondary N) is 1. The van der Waals surface area contributed by atoms with Crippen molar-refractivity contribution in [2.45, 2.75) is 32.6 Å². The van der Waals surface area contributed by atoms with Crippen LogP contribution in [0, 0.1) is 5.82 Å². The van der Waals surface area contributed by atoms with Gasteiger partial charge in [0.1, 0.15) is 11.5 Å². The second-order valence-corrected chi connectivity index (χ2v) is 5.88. The van der Waals surface area contributed by atoms with Crippen molar-refractivity contribution in [3.05, 3.63) is 45.3 Å². The fraction of sp³-hybridized carbons (Fsp3) is 0.375. The predicted molar refractivity (Wildman–Crippen MR) is 88.7 cm³/mol. The lowest BCUT2D eigenvalue weighted by molar-refractivity contribution is -0.119. The molecule has 0 aliphatic carbocycles. The maximum absolute atomic E-state index is 14.0. The van der Waals surface area contributed by atoms with Gasteiger partial charge >= 0.3 is 0 Å². The van der Waals surface area contributed by atoms with Gasteiger partial charge in [0, 0.05) is 22.9 Å². The number of primary amides is 1. The van der Waals surface area contributed by atoms with E-state index in [0.29, 0.717) is 16.5 Å². The highest BCUT2D eigenvalue weighted by Gasteiger charge is 2.21. The van der Waals surface area contributed by atoms with Gasteiger partial charge in [0.25, 0.3) is 5.91 Å². The van der Waals surface area contributed by atoms with E-state index in [9.17, 15) is 14.0 Å². The molecule has 126 valence electrons. The van der Waals surface area contributed by atoms with Gasteiger partial charge in [0.15, 0.2) is 5.78 Å². The number of hydrogen-bond donors (Lipinski definition) is 2. The third-order valence-corrected chi connectivity index (χ3v) is 3.72. The van der Waals surface area contributed by atoms with Crippen LogP contribution in [0.2, 0.25) is 0 Å². The first-order valence-corrected chi connectivity index (χ1v) is 7.99. The maximum Gasteiger partial charge on any atom is 0.267 e. The molecule has 0 radical (unpaired) electrons. The van der Waals surface area contributed by atoms with Gasteiger partial charge in [-0.05, 0) is 24.1 Å². The molecule has 0 heterocycles. The number of ketones is 1. The summed E-state index contributed by atoms with van der Waals surface area (Å²) in [5.74, 6) is -1.56. The van der Waals surface area contributed by atoms with Crippen molar-refractivity contribution in [2.75, 3.05) is 7.11 Å². The molecule has 1 aromatic carbocycles. The first-order valence-electron chi connectivity index (χ1n) is 7.19. The molecule has 0 bridgehead atoms. The van der Waals surface area contributed by atoms with Crippen LogP contribution in [0.1, 0.15) is 31.7 Å². The molecule has 0 unspecified atom stereocenters. The van der Waals surface area contributed by atoms with Gasteiger partial charge < -0.3 is 5.73 Å². The molecule has 0 aliphatic heterocycles. The van der Waals surface area contributed by atoms with Gasteiger partial charge in [-0.3, -0.25) is 19.9 Å². The lowest BCUT2D eigenvalue weighted by atomic mass is 9.96. The highest BCUT2D eigenvalue weighted by Crippen LogP contribution is 2.21. The van der Waals surface area contributed by atoms with Crippen molar-refractivity contribution in [2.24, 2.45) is 5.73 Å². The normalized spacial score (nSPS) is 11.8. The Labute approximate surface area is 143 Å². The van der Waals surface area contributed by atoms with Gasteiger partial charge in [0.2, 0.25) is 0 Å². The van der Waals surface area contributed by atoms with Crippen molar-refractivity contribution in [1.82, 2.24) is 5.48 Å². The molecular formula is C16H20BrFN2O3. The topological polar surface area (TPSA) is 81.4 Å². The zero-order chi connectivity index (χ0) is 17.4. The number of benzene rings is 1. The summed E-state index contributed by atoms with van der Waals surface area (Å²) in [6.07, 6.45) is 1.71. The van der Waals surface area contributed by atoms with E-state index in [4.69, 9.17) is 10.6 Å². The Balaban J connectivity index is 3.24. The Morgan fingerprint density at radius 2 is 2.09 bits per heavy atom. The minimum absolute atomic E-state index is 0.0453. The van der Waals surface area contributed by atoms with Crippen LogP contribution in [-0.4, -0.2) is 18.8 Å². The molecule has 0 atom stereocenters. The Kier molecular flexibility index (Phi) is 7.91. The Hall–Kier alpha value is -1.73. The monoisotopic (exact) mass is 386 g/mol. The Morgan fingerprint density at radius 1 is 1.39 bits per heavy atom. The Bertz CT molecular complexity index is 617. The van der Waals surface area contributed by atoms with Crippen LogP contribution < -0.4 is 11.2 Å². The van der Waals surface area contributed by atoms with E-state index in [1.165, 1.54) is 13.2 Å². The molecule has 3 N–H and O–H groups in total. The van der Waals surface area contributed by atoms with Crippen molar-refractivity contribution in [1.29, 1.82) is 0 Å². The lowest BCUT2D eigenvalue weighted by Gasteiger charge is -2.14. The summed E-state index contributed by atoms with van der Waals surface area (Å²) in [5, 5.41) is 0. The number of carbonyl (C=O) groups is 2. The first-order chi connectivity index (χ1) is 10.9. The maximum atomic E-state index is 14.0. The van der Waals surface area contributed by atoms with E-state index in [1.807, 2.05) is 6.92 Å². The van der Waals surface area contributed by atoms with Gasteiger partial charge in [-0.2, -0.15) is 0 Å². The third-order valence-electron chi connectivity index (χ3n) is 3.23. The average Bonchev–Trinajstić information content (AvgIpc) is 2.50. The van der Waals surface area contributed by atoms with E-state index < -0.39 is 11.7 Å². The quantitative estimate of drug-likeness (QED) is 0.504. The third kappa shape index (κ3) is 5.76. The summed E-state index contributed by atoms with van der Waals surface area (Å²) in [7, 11) is 1.30. The van der Waals surface area contributed by atoms with Gasteiger partial charge in [-0.15, -0.1) is 0 Å². The summed E-state index contributed by atoms with van der Waals surface area (Å²) in [4.78, 5) is 28.7. The molecule has 0 aliphatic rings. The number of hydroxylamine groups is 1. The Morgan fingerprint density at radius 3 is 2.61 bits per heavy atom. The second-order valence-electron chi connectivity index (χ2n) is 4.96. The first kappa shape index (κ1) is 19.3. The van der Waals surface area contributed by atoms with Crippen LogP contribution in [0.3, 0.4) is 0 Å². The van der Waals surface area contributed by atoms with Crippen molar-refractivity contribution in [3.63, 3.8) is 0 Å². The van der Waals surface area contributed by atoms with Crippen molar-refractivity contribution >= 4 is 27.6 Å². The summed E-state index contributed by atoms with van der Waals surface area (Å²) in [5.41, 5.74) is 7.93. The van der Waals surface area contributed by atoms with E-state index in [1.54, 1.807) is 12.1 Å². The number of halogens is 2. The molecule has 1 amide bonds. The number of allylic oxidation sites excluding steroid dienone is 1. The van der Waals surface area contributed by atoms with E-state index in [2.05, 4.69) is 21.4 Å². The highest BCUT2D eigenvalue weighted by molar-refractivity contribution is 9.10. The average molecular weight is 387 g/mol. The van der Waals surface area contributed by atoms with Crippen LogP contribution in [0.5, 0.6) is 0 Å². The molecule has 23 heavy (non-hydrogen) atoms. The number of nitrogens with two attached hydrogens (primary N) is 1.